The third-order valence-electron chi connectivity index (χ3n) is 3.18. The van der Waals surface area contributed by atoms with Gasteiger partial charge in [0, 0.05) is 11.5 Å². The number of rotatable bonds is 5. The fourth-order valence-electron chi connectivity index (χ4n) is 2.04. The van der Waals surface area contributed by atoms with Crippen LogP contribution in [0.3, 0.4) is 0 Å². The molecule has 2 aromatic rings. The van der Waals surface area contributed by atoms with Crippen LogP contribution < -0.4 is 9.46 Å². The molecule has 8 heteroatoms. The summed E-state index contributed by atoms with van der Waals surface area (Å²) >= 11 is 0. The Hall–Kier alpha value is -1.93. The molecule has 132 valence electrons. The highest BCUT2D eigenvalue weighted by molar-refractivity contribution is 7.89. The Morgan fingerprint density at radius 3 is 2.42 bits per heavy atom. The van der Waals surface area contributed by atoms with Gasteiger partial charge in [-0.25, -0.2) is 13.1 Å². The minimum atomic E-state index is -3.63. The predicted molar refractivity (Wildman–Crippen MR) is 90.4 cm³/mol. The summed E-state index contributed by atoms with van der Waals surface area (Å²) in [4.78, 5) is 4.49. The van der Waals surface area contributed by atoms with Gasteiger partial charge < -0.3 is 9.26 Å². The van der Waals surface area contributed by atoms with Crippen molar-refractivity contribution in [1.82, 2.24) is 14.9 Å². The minimum Gasteiger partial charge on any atom is -0.496 e. The second-order valence-corrected chi connectivity index (χ2v) is 8.53. The fraction of sp³-hybridized carbons (Fsp3) is 0.500. The lowest BCUT2D eigenvalue weighted by atomic mass is 9.97. The first-order valence-corrected chi connectivity index (χ1v) is 9.08. The van der Waals surface area contributed by atoms with Gasteiger partial charge >= 0.3 is 0 Å². The van der Waals surface area contributed by atoms with Crippen molar-refractivity contribution in [2.45, 2.75) is 51.0 Å². The van der Waals surface area contributed by atoms with Gasteiger partial charge in [-0.15, -0.1) is 0 Å². The summed E-state index contributed by atoms with van der Waals surface area (Å²) in [6, 6.07) is 4.34. The molecule has 0 aliphatic carbocycles. The summed E-state index contributed by atoms with van der Waals surface area (Å²) in [6.45, 7) is 9.38. The molecule has 7 nitrogen and oxygen atoms in total. The Labute approximate surface area is 142 Å². The lowest BCUT2D eigenvalue weighted by molar-refractivity contribution is 0.321. The van der Waals surface area contributed by atoms with E-state index in [0.717, 1.165) is 0 Å². The number of sulfonamides is 1. The molecule has 0 aliphatic rings. The average molecular weight is 353 g/mol. The first-order chi connectivity index (χ1) is 11.0. The van der Waals surface area contributed by atoms with E-state index < -0.39 is 10.0 Å². The van der Waals surface area contributed by atoms with E-state index in [1.165, 1.54) is 19.2 Å². The Morgan fingerprint density at radius 1 is 1.25 bits per heavy atom. The van der Waals surface area contributed by atoms with Crippen LogP contribution in [0.4, 0.5) is 0 Å². The van der Waals surface area contributed by atoms with Crippen molar-refractivity contribution in [2.75, 3.05) is 7.11 Å². The van der Waals surface area contributed by atoms with Crippen molar-refractivity contribution in [1.29, 1.82) is 0 Å². The van der Waals surface area contributed by atoms with Crippen LogP contribution in [0.15, 0.2) is 27.6 Å². The molecule has 24 heavy (non-hydrogen) atoms. The van der Waals surface area contributed by atoms with Gasteiger partial charge in [0.05, 0.1) is 17.6 Å². The number of hydrogen-bond donors (Lipinski definition) is 1. The van der Waals surface area contributed by atoms with E-state index in [2.05, 4.69) is 14.9 Å². The van der Waals surface area contributed by atoms with Gasteiger partial charge in [0.1, 0.15) is 5.75 Å². The van der Waals surface area contributed by atoms with E-state index in [-0.39, 0.29) is 16.4 Å². The van der Waals surface area contributed by atoms with Gasteiger partial charge in [-0.2, -0.15) is 4.98 Å². The van der Waals surface area contributed by atoms with Crippen LogP contribution in [-0.2, 0) is 15.4 Å². The zero-order chi connectivity index (χ0) is 18.1. The maximum atomic E-state index is 12.4. The quantitative estimate of drug-likeness (QED) is 0.888. The number of hydrogen-bond acceptors (Lipinski definition) is 6. The van der Waals surface area contributed by atoms with E-state index in [1.807, 2.05) is 20.8 Å². The number of nitrogens with one attached hydrogen (secondary N) is 1. The fourth-order valence-corrected chi connectivity index (χ4v) is 3.32. The summed E-state index contributed by atoms with van der Waals surface area (Å²) in [7, 11) is -2.12. The van der Waals surface area contributed by atoms with Crippen molar-refractivity contribution in [3.63, 3.8) is 0 Å². The Morgan fingerprint density at radius 2 is 1.92 bits per heavy atom. The minimum absolute atomic E-state index is 0.120. The summed E-state index contributed by atoms with van der Waals surface area (Å²) in [6.07, 6.45) is 0. The Bertz CT molecular complexity index is 820. The van der Waals surface area contributed by atoms with Crippen molar-refractivity contribution in [2.24, 2.45) is 0 Å². The van der Waals surface area contributed by atoms with Crippen LogP contribution in [0.2, 0.25) is 0 Å². The zero-order valence-electron chi connectivity index (χ0n) is 14.7. The molecule has 1 N–H and O–H groups in total. The van der Waals surface area contributed by atoms with Crippen molar-refractivity contribution >= 4 is 10.0 Å². The first-order valence-electron chi connectivity index (χ1n) is 7.59. The first kappa shape index (κ1) is 18.4. The maximum Gasteiger partial charge on any atom is 0.240 e. The van der Waals surface area contributed by atoms with Gasteiger partial charge in [0.15, 0.2) is 0 Å². The van der Waals surface area contributed by atoms with Crippen LogP contribution >= 0.6 is 0 Å². The van der Waals surface area contributed by atoms with E-state index in [1.54, 1.807) is 19.9 Å². The molecule has 2 rings (SSSR count). The van der Waals surface area contributed by atoms with Crippen LogP contribution in [0.1, 0.15) is 40.5 Å². The normalized spacial score (nSPS) is 12.6. The van der Waals surface area contributed by atoms with Gasteiger partial charge in [-0.3, -0.25) is 0 Å². The highest BCUT2D eigenvalue weighted by atomic mass is 32.2. The summed E-state index contributed by atoms with van der Waals surface area (Å²) in [5.41, 5.74) is 0.157. The van der Waals surface area contributed by atoms with Crippen molar-refractivity contribution in [3.05, 3.63) is 24.1 Å². The lowest BCUT2D eigenvalue weighted by Crippen LogP contribution is -2.30. The number of aromatic nitrogens is 2. The van der Waals surface area contributed by atoms with Crippen LogP contribution in [-0.4, -0.2) is 31.7 Å². The number of methoxy groups -OCH3 is 1. The molecule has 1 aromatic heterocycles. The largest absolute Gasteiger partial charge is 0.496 e. The van der Waals surface area contributed by atoms with Gasteiger partial charge in [-0.05, 0) is 32.0 Å². The monoisotopic (exact) mass is 353 g/mol. The van der Waals surface area contributed by atoms with Gasteiger partial charge in [0.2, 0.25) is 21.7 Å². The molecule has 0 atom stereocenters. The summed E-state index contributed by atoms with van der Waals surface area (Å²) < 4.78 is 37.9. The van der Waals surface area contributed by atoms with Gasteiger partial charge in [-0.1, -0.05) is 25.9 Å². The van der Waals surface area contributed by atoms with Crippen LogP contribution in [0, 0.1) is 0 Å². The maximum absolute atomic E-state index is 12.4. The van der Waals surface area contributed by atoms with E-state index >= 15 is 0 Å². The van der Waals surface area contributed by atoms with E-state index in [0.29, 0.717) is 23.0 Å². The standard InChI is InChI=1S/C16H23N3O4S/c1-10(2)19-24(20,21)11-7-8-13(22-6)12(9-11)14-17-15(23-18-14)16(3,4)5/h7-10,19H,1-6H3. The smallest absolute Gasteiger partial charge is 0.240 e. The lowest BCUT2D eigenvalue weighted by Gasteiger charge is -2.12. The molecular weight excluding hydrogens is 330 g/mol. The molecule has 1 heterocycles. The van der Waals surface area contributed by atoms with Crippen molar-refractivity contribution in [3.8, 4) is 17.1 Å². The summed E-state index contributed by atoms with van der Waals surface area (Å²) in [5.74, 6) is 1.23. The second kappa shape index (κ2) is 6.52. The Balaban J connectivity index is 2.53. The van der Waals surface area contributed by atoms with E-state index in [9.17, 15) is 8.42 Å². The van der Waals surface area contributed by atoms with E-state index in [4.69, 9.17) is 9.26 Å². The molecule has 0 radical (unpaired) electrons. The molecule has 0 saturated heterocycles. The highest BCUT2D eigenvalue weighted by Crippen LogP contribution is 2.32. The second-order valence-electron chi connectivity index (χ2n) is 6.81. The summed E-state index contributed by atoms with van der Waals surface area (Å²) in [5, 5.41) is 3.96. The molecular formula is C16H23N3O4S. The average Bonchev–Trinajstić information content (AvgIpc) is 2.95. The number of ether oxygens (including phenoxy) is 1. The topological polar surface area (TPSA) is 94.3 Å². The predicted octanol–water partition coefficient (Wildman–Crippen LogP) is 2.73. The molecule has 0 bridgehead atoms. The molecule has 0 saturated carbocycles. The molecule has 0 aliphatic heterocycles. The van der Waals surface area contributed by atoms with Crippen LogP contribution in [0.25, 0.3) is 11.4 Å². The zero-order valence-corrected chi connectivity index (χ0v) is 15.6. The molecule has 0 amide bonds. The Kier molecular flexibility index (Phi) is 5.00. The molecule has 1 aromatic carbocycles. The molecule has 0 spiro atoms. The highest BCUT2D eigenvalue weighted by Gasteiger charge is 2.25. The number of nitrogens with zero attached hydrogens (tertiary/aromatic N) is 2. The molecule has 0 unspecified atom stereocenters. The van der Waals surface area contributed by atoms with Gasteiger partial charge in [0.25, 0.3) is 0 Å². The SMILES string of the molecule is COc1ccc(S(=O)(=O)NC(C)C)cc1-c1noc(C(C)(C)C)n1. The third-order valence-corrected chi connectivity index (χ3v) is 4.84. The molecule has 0 fully saturated rings. The third kappa shape index (κ3) is 3.93. The number of benzene rings is 1. The van der Waals surface area contributed by atoms with Crippen LogP contribution in [0.5, 0.6) is 5.75 Å². The van der Waals surface area contributed by atoms with Crippen molar-refractivity contribution < 1.29 is 17.7 Å².